The molecule has 0 aromatic heterocycles. The molecular formula is C12H14FNO4S. The maximum absolute atomic E-state index is 13.5. The van der Waals surface area contributed by atoms with Crippen molar-refractivity contribution in [1.29, 1.82) is 0 Å². The van der Waals surface area contributed by atoms with Crippen molar-refractivity contribution in [2.75, 3.05) is 6.54 Å². The molecule has 1 aromatic rings. The topological polar surface area (TPSA) is 83.5 Å². The lowest BCUT2D eigenvalue weighted by Gasteiger charge is -2.08. The van der Waals surface area contributed by atoms with Crippen LogP contribution in [0, 0.1) is 17.7 Å². The van der Waals surface area contributed by atoms with Gasteiger partial charge in [0.1, 0.15) is 10.7 Å². The van der Waals surface area contributed by atoms with Gasteiger partial charge < -0.3 is 5.11 Å². The van der Waals surface area contributed by atoms with Crippen molar-refractivity contribution in [1.82, 2.24) is 4.72 Å². The van der Waals surface area contributed by atoms with Gasteiger partial charge in [0.2, 0.25) is 10.0 Å². The number of halogens is 1. The van der Waals surface area contributed by atoms with E-state index in [1.807, 2.05) is 6.92 Å². The Balaban J connectivity index is 2.23. The van der Waals surface area contributed by atoms with E-state index in [1.165, 1.54) is 0 Å². The average Bonchev–Trinajstić information content (AvgIpc) is 3.03. The highest BCUT2D eigenvalue weighted by Crippen LogP contribution is 2.37. The van der Waals surface area contributed by atoms with Gasteiger partial charge in [-0.1, -0.05) is 6.92 Å². The largest absolute Gasteiger partial charge is 0.478 e. The van der Waals surface area contributed by atoms with Crippen LogP contribution in [0.3, 0.4) is 0 Å². The standard InChI is InChI=1S/C12H14FNO4S/c1-7-4-9(7)6-14-19(17,18)11-5-8(12(15)16)2-3-10(11)13/h2-3,5,7,9,14H,4,6H2,1H3,(H,15,16). The highest BCUT2D eigenvalue weighted by molar-refractivity contribution is 7.89. The Kier molecular flexibility index (Phi) is 3.60. The first kappa shape index (κ1) is 14.0. The second kappa shape index (κ2) is 4.90. The van der Waals surface area contributed by atoms with E-state index in [0.29, 0.717) is 5.92 Å². The van der Waals surface area contributed by atoms with Gasteiger partial charge in [-0.15, -0.1) is 0 Å². The minimum Gasteiger partial charge on any atom is -0.478 e. The van der Waals surface area contributed by atoms with Crippen molar-refractivity contribution < 1.29 is 22.7 Å². The molecule has 0 bridgehead atoms. The van der Waals surface area contributed by atoms with Gasteiger partial charge in [-0.2, -0.15) is 0 Å². The van der Waals surface area contributed by atoms with Crippen LogP contribution in [-0.4, -0.2) is 26.0 Å². The maximum Gasteiger partial charge on any atom is 0.335 e. The molecule has 0 radical (unpaired) electrons. The van der Waals surface area contributed by atoms with Gasteiger partial charge in [0.05, 0.1) is 5.56 Å². The minimum atomic E-state index is -4.01. The Bertz CT molecular complexity index is 614. The first-order valence-electron chi connectivity index (χ1n) is 5.84. The van der Waals surface area contributed by atoms with Gasteiger partial charge in [0.25, 0.3) is 0 Å². The number of carboxylic acids is 1. The number of rotatable bonds is 5. The summed E-state index contributed by atoms with van der Waals surface area (Å²) in [5, 5.41) is 8.79. The van der Waals surface area contributed by atoms with Crippen molar-refractivity contribution in [3.05, 3.63) is 29.6 Å². The molecule has 0 amide bonds. The second-order valence-electron chi connectivity index (χ2n) is 4.78. The summed E-state index contributed by atoms with van der Waals surface area (Å²) in [4.78, 5) is 10.1. The van der Waals surface area contributed by atoms with Crippen LogP contribution < -0.4 is 4.72 Å². The molecule has 19 heavy (non-hydrogen) atoms. The molecule has 1 aliphatic rings. The van der Waals surface area contributed by atoms with E-state index in [0.717, 1.165) is 24.6 Å². The molecule has 1 aromatic carbocycles. The van der Waals surface area contributed by atoms with Crippen LogP contribution in [0.15, 0.2) is 23.1 Å². The summed E-state index contributed by atoms with van der Waals surface area (Å²) in [6.45, 7) is 2.25. The quantitative estimate of drug-likeness (QED) is 0.858. The zero-order chi connectivity index (χ0) is 14.2. The SMILES string of the molecule is CC1CC1CNS(=O)(=O)c1cc(C(=O)O)ccc1F. The molecule has 1 saturated carbocycles. The van der Waals surface area contributed by atoms with Crippen LogP contribution in [0.5, 0.6) is 0 Å². The predicted molar refractivity (Wildman–Crippen MR) is 65.8 cm³/mol. The summed E-state index contributed by atoms with van der Waals surface area (Å²) < 4.78 is 39.7. The Morgan fingerprint density at radius 2 is 2.16 bits per heavy atom. The summed E-state index contributed by atoms with van der Waals surface area (Å²) in [6, 6.07) is 2.70. The van der Waals surface area contributed by atoms with Gasteiger partial charge in [-0.25, -0.2) is 22.3 Å². The van der Waals surface area contributed by atoms with E-state index >= 15 is 0 Å². The van der Waals surface area contributed by atoms with E-state index in [1.54, 1.807) is 0 Å². The first-order chi connectivity index (χ1) is 8.81. The molecule has 2 N–H and O–H groups in total. The number of carboxylic acid groups (broad SMARTS) is 1. The van der Waals surface area contributed by atoms with E-state index in [9.17, 15) is 17.6 Å². The molecule has 0 saturated heterocycles. The monoisotopic (exact) mass is 287 g/mol. The maximum atomic E-state index is 13.5. The van der Waals surface area contributed by atoms with Gasteiger partial charge in [-0.3, -0.25) is 0 Å². The lowest BCUT2D eigenvalue weighted by atomic mass is 10.2. The van der Waals surface area contributed by atoms with Gasteiger partial charge in [0.15, 0.2) is 0 Å². The molecule has 104 valence electrons. The molecular weight excluding hydrogens is 273 g/mol. The zero-order valence-corrected chi connectivity index (χ0v) is 11.1. The Hall–Kier alpha value is -1.47. The molecule has 5 nitrogen and oxygen atoms in total. The van der Waals surface area contributed by atoms with Crippen LogP contribution in [0.2, 0.25) is 0 Å². The van der Waals surface area contributed by atoms with Crippen LogP contribution in [0.1, 0.15) is 23.7 Å². The third kappa shape index (κ3) is 3.10. The molecule has 0 spiro atoms. The fourth-order valence-electron chi connectivity index (χ4n) is 1.82. The summed E-state index contributed by atoms with van der Waals surface area (Å²) in [6.07, 6.45) is 0.945. The predicted octanol–water partition coefficient (Wildman–Crippen LogP) is 1.46. The van der Waals surface area contributed by atoms with Crippen LogP contribution in [0.4, 0.5) is 4.39 Å². The minimum absolute atomic E-state index is 0.250. The van der Waals surface area contributed by atoms with Crippen molar-refractivity contribution in [2.24, 2.45) is 11.8 Å². The Morgan fingerprint density at radius 1 is 1.53 bits per heavy atom. The highest BCUT2D eigenvalue weighted by atomic mass is 32.2. The first-order valence-corrected chi connectivity index (χ1v) is 7.32. The molecule has 2 unspecified atom stereocenters. The van der Waals surface area contributed by atoms with Crippen molar-refractivity contribution in [3.63, 3.8) is 0 Å². The van der Waals surface area contributed by atoms with Gasteiger partial charge in [-0.05, 0) is 36.5 Å². The van der Waals surface area contributed by atoms with Crippen LogP contribution in [0.25, 0.3) is 0 Å². The summed E-state index contributed by atoms with van der Waals surface area (Å²) in [7, 11) is -4.01. The number of benzene rings is 1. The molecule has 0 aliphatic heterocycles. The van der Waals surface area contributed by atoms with Crippen LogP contribution >= 0.6 is 0 Å². The van der Waals surface area contributed by atoms with E-state index < -0.39 is 26.7 Å². The number of carbonyl (C=O) groups is 1. The van der Waals surface area contributed by atoms with Gasteiger partial charge in [0, 0.05) is 6.54 Å². The number of nitrogens with one attached hydrogen (secondary N) is 1. The molecule has 1 fully saturated rings. The summed E-state index contributed by atoms with van der Waals surface area (Å²) in [5.74, 6) is -1.51. The smallest absolute Gasteiger partial charge is 0.335 e. The molecule has 2 atom stereocenters. The molecule has 1 aliphatic carbocycles. The number of hydrogen-bond acceptors (Lipinski definition) is 3. The highest BCUT2D eigenvalue weighted by Gasteiger charge is 2.33. The number of sulfonamides is 1. The van der Waals surface area contributed by atoms with E-state index in [2.05, 4.69) is 4.72 Å². The number of hydrogen-bond donors (Lipinski definition) is 2. The summed E-state index contributed by atoms with van der Waals surface area (Å²) >= 11 is 0. The fourth-order valence-corrected chi connectivity index (χ4v) is 3.02. The Labute approximate surface area is 110 Å². The molecule has 0 heterocycles. The van der Waals surface area contributed by atoms with Crippen molar-refractivity contribution in [2.45, 2.75) is 18.2 Å². The van der Waals surface area contributed by atoms with E-state index in [-0.39, 0.29) is 18.0 Å². The molecule has 7 heteroatoms. The molecule has 2 rings (SSSR count). The lowest BCUT2D eigenvalue weighted by molar-refractivity contribution is 0.0696. The fraction of sp³-hybridized carbons (Fsp3) is 0.417. The normalized spacial score (nSPS) is 22.2. The zero-order valence-electron chi connectivity index (χ0n) is 10.3. The van der Waals surface area contributed by atoms with Crippen molar-refractivity contribution >= 4 is 16.0 Å². The average molecular weight is 287 g/mol. The van der Waals surface area contributed by atoms with Crippen LogP contribution in [-0.2, 0) is 10.0 Å². The third-order valence-corrected chi connectivity index (χ3v) is 4.72. The number of aromatic carboxylic acids is 1. The lowest BCUT2D eigenvalue weighted by Crippen LogP contribution is -2.27. The second-order valence-corrected chi connectivity index (χ2v) is 6.51. The summed E-state index contributed by atoms with van der Waals surface area (Å²) in [5.41, 5.74) is -0.262. The Morgan fingerprint density at radius 3 is 2.68 bits per heavy atom. The van der Waals surface area contributed by atoms with Crippen molar-refractivity contribution in [3.8, 4) is 0 Å². The van der Waals surface area contributed by atoms with E-state index in [4.69, 9.17) is 5.11 Å². The van der Waals surface area contributed by atoms with Gasteiger partial charge >= 0.3 is 5.97 Å². The third-order valence-electron chi connectivity index (χ3n) is 3.28.